The number of hydrogen-bond acceptors (Lipinski definition) is 2. The summed E-state index contributed by atoms with van der Waals surface area (Å²) >= 11 is 0. The van der Waals surface area contributed by atoms with Crippen molar-refractivity contribution < 1.29 is 4.79 Å². The molecule has 4 heteroatoms. The molecule has 0 aromatic carbocycles. The summed E-state index contributed by atoms with van der Waals surface area (Å²) in [4.78, 5) is 12.1. The maximum Gasteiger partial charge on any atom is 0.237 e. The molecule has 0 aromatic rings. The molecule has 1 saturated heterocycles. The quantitative estimate of drug-likeness (QED) is 0.812. The minimum absolute atomic E-state index is 0. The van der Waals surface area contributed by atoms with Crippen LogP contribution in [0.5, 0.6) is 0 Å². The Kier molecular flexibility index (Phi) is 6.44. The van der Waals surface area contributed by atoms with Gasteiger partial charge in [-0.05, 0) is 37.6 Å². The standard InChI is InChI=1S/C14H26N2O.ClH/c1-10-6-5-8-12(11(10)2)16-14(17)13-7-3-4-9-15-13;/h10-13,15H,3-9H2,1-2H3,(H,16,17);1H. The highest BCUT2D eigenvalue weighted by Gasteiger charge is 2.30. The fourth-order valence-corrected chi connectivity index (χ4v) is 3.14. The maximum atomic E-state index is 12.1. The molecule has 2 N–H and O–H groups in total. The summed E-state index contributed by atoms with van der Waals surface area (Å²) in [6, 6.07) is 0.461. The highest BCUT2D eigenvalue weighted by Crippen LogP contribution is 2.29. The SMILES string of the molecule is CC1CCCC(NC(=O)C2CCCCN2)C1C.Cl. The van der Waals surface area contributed by atoms with Crippen LogP contribution in [0, 0.1) is 11.8 Å². The summed E-state index contributed by atoms with van der Waals surface area (Å²) in [7, 11) is 0. The second-order valence-electron chi connectivity index (χ2n) is 5.88. The Balaban J connectivity index is 0.00000162. The van der Waals surface area contributed by atoms with Crippen molar-refractivity contribution >= 4 is 18.3 Å². The zero-order valence-electron chi connectivity index (χ0n) is 11.6. The van der Waals surface area contributed by atoms with E-state index in [-0.39, 0.29) is 24.4 Å². The van der Waals surface area contributed by atoms with Gasteiger partial charge in [0.1, 0.15) is 0 Å². The van der Waals surface area contributed by atoms with Gasteiger partial charge in [-0.1, -0.05) is 33.1 Å². The van der Waals surface area contributed by atoms with E-state index in [1.54, 1.807) is 0 Å². The van der Waals surface area contributed by atoms with E-state index in [0.717, 1.165) is 25.3 Å². The van der Waals surface area contributed by atoms with Crippen LogP contribution >= 0.6 is 12.4 Å². The molecule has 2 fully saturated rings. The number of piperidine rings is 1. The minimum Gasteiger partial charge on any atom is -0.352 e. The Labute approximate surface area is 117 Å². The molecule has 106 valence electrons. The van der Waals surface area contributed by atoms with Gasteiger partial charge in [0.15, 0.2) is 0 Å². The highest BCUT2D eigenvalue weighted by atomic mass is 35.5. The molecule has 4 atom stereocenters. The van der Waals surface area contributed by atoms with Gasteiger partial charge in [-0.25, -0.2) is 0 Å². The van der Waals surface area contributed by atoms with Gasteiger partial charge in [0, 0.05) is 6.04 Å². The molecule has 1 amide bonds. The monoisotopic (exact) mass is 274 g/mol. The van der Waals surface area contributed by atoms with Crippen molar-refractivity contribution in [3.63, 3.8) is 0 Å². The van der Waals surface area contributed by atoms with Crippen LogP contribution in [0.4, 0.5) is 0 Å². The first-order valence-electron chi connectivity index (χ1n) is 7.22. The van der Waals surface area contributed by atoms with Gasteiger partial charge in [0.25, 0.3) is 0 Å². The molecule has 0 radical (unpaired) electrons. The van der Waals surface area contributed by atoms with Crippen molar-refractivity contribution in [1.29, 1.82) is 0 Å². The van der Waals surface area contributed by atoms with Crippen molar-refractivity contribution in [3.8, 4) is 0 Å². The molecule has 0 aromatic heterocycles. The third-order valence-corrected chi connectivity index (χ3v) is 4.66. The first kappa shape index (κ1) is 15.8. The van der Waals surface area contributed by atoms with Crippen LogP contribution in [0.15, 0.2) is 0 Å². The second-order valence-corrected chi connectivity index (χ2v) is 5.88. The minimum atomic E-state index is 0. The summed E-state index contributed by atoms with van der Waals surface area (Å²) in [5.74, 6) is 1.60. The van der Waals surface area contributed by atoms with Crippen molar-refractivity contribution in [1.82, 2.24) is 10.6 Å². The van der Waals surface area contributed by atoms with Crippen LogP contribution in [0.25, 0.3) is 0 Å². The van der Waals surface area contributed by atoms with Gasteiger partial charge < -0.3 is 10.6 Å². The van der Waals surface area contributed by atoms with Gasteiger partial charge in [0.05, 0.1) is 6.04 Å². The van der Waals surface area contributed by atoms with E-state index in [9.17, 15) is 4.79 Å². The Morgan fingerprint density at radius 2 is 1.89 bits per heavy atom. The smallest absolute Gasteiger partial charge is 0.237 e. The van der Waals surface area contributed by atoms with Crippen LogP contribution < -0.4 is 10.6 Å². The number of carbonyl (C=O) groups excluding carboxylic acids is 1. The first-order valence-corrected chi connectivity index (χ1v) is 7.22. The average Bonchev–Trinajstić information content (AvgIpc) is 2.36. The summed E-state index contributed by atoms with van der Waals surface area (Å²) in [5, 5.41) is 6.59. The molecule has 1 aliphatic heterocycles. The van der Waals surface area contributed by atoms with Crippen molar-refractivity contribution in [2.45, 2.75) is 64.5 Å². The summed E-state index contributed by atoms with van der Waals surface area (Å²) in [5.41, 5.74) is 0. The number of nitrogens with one attached hydrogen (secondary N) is 2. The van der Waals surface area contributed by atoms with Gasteiger partial charge in [0.2, 0.25) is 5.91 Å². The van der Waals surface area contributed by atoms with E-state index < -0.39 is 0 Å². The number of amides is 1. The predicted molar refractivity (Wildman–Crippen MR) is 77.0 cm³/mol. The molecular formula is C14H27ClN2O. The second kappa shape index (κ2) is 7.34. The third-order valence-electron chi connectivity index (χ3n) is 4.66. The van der Waals surface area contributed by atoms with Crippen molar-refractivity contribution in [3.05, 3.63) is 0 Å². The average molecular weight is 275 g/mol. The van der Waals surface area contributed by atoms with Crippen LogP contribution in [0.3, 0.4) is 0 Å². The van der Waals surface area contributed by atoms with E-state index in [1.165, 1.54) is 25.7 Å². The third kappa shape index (κ3) is 3.86. The predicted octanol–water partition coefficient (Wildman–Crippen LogP) is 2.49. The van der Waals surface area contributed by atoms with Gasteiger partial charge in [-0.15, -0.1) is 12.4 Å². The van der Waals surface area contributed by atoms with Gasteiger partial charge >= 0.3 is 0 Å². The number of carbonyl (C=O) groups is 1. The lowest BCUT2D eigenvalue weighted by molar-refractivity contribution is -0.125. The fraction of sp³-hybridized carbons (Fsp3) is 0.929. The van der Waals surface area contributed by atoms with E-state index in [0.29, 0.717) is 12.0 Å². The normalized spacial score (nSPS) is 36.6. The van der Waals surface area contributed by atoms with Crippen molar-refractivity contribution in [2.24, 2.45) is 11.8 Å². The van der Waals surface area contributed by atoms with Gasteiger partial charge in [-0.3, -0.25) is 4.79 Å². The molecule has 2 rings (SSSR count). The summed E-state index contributed by atoms with van der Waals surface area (Å²) in [6.45, 7) is 5.58. The first-order chi connectivity index (χ1) is 8.18. The molecular weight excluding hydrogens is 248 g/mol. The lowest BCUT2D eigenvalue weighted by atomic mass is 9.78. The maximum absolute atomic E-state index is 12.1. The lowest BCUT2D eigenvalue weighted by Gasteiger charge is -2.36. The Morgan fingerprint density at radius 3 is 2.56 bits per heavy atom. The number of halogens is 1. The zero-order chi connectivity index (χ0) is 12.3. The molecule has 18 heavy (non-hydrogen) atoms. The van der Waals surface area contributed by atoms with E-state index in [1.807, 2.05) is 0 Å². The molecule has 1 aliphatic carbocycles. The molecule has 0 spiro atoms. The summed E-state index contributed by atoms with van der Waals surface area (Å²) < 4.78 is 0. The molecule has 2 aliphatic rings. The van der Waals surface area contributed by atoms with E-state index in [4.69, 9.17) is 0 Å². The van der Waals surface area contributed by atoms with Crippen LogP contribution in [0.1, 0.15) is 52.4 Å². The van der Waals surface area contributed by atoms with Crippen molar-refractivity contribution in [2.75, 3.05) is 6.54 Å². The Bertz CT molecular complexity index is 267. The number of hydrogen-bond donors (Lipinski definition) is 2. The van der Waals surface area contributed by atoms with Crippen LogP contribution in [0.2, 0.25) is 0 Å². The van der Waals surface area contributed by atoms with E-state index in [2.05, 4.69) is 24.5 Å². The molecule has 4 unspecified atom stereocenters. The largest absolute Gasteiger partial charge is 0.352 e. The number of rotatable bonds is 2. The van der Waals surface area contributed by atoms with Crippen LogP contribution in [-0.2, 0) is 4.79 Å². The van der Waals surface area contributed by atoms with Crippen LogP contribution in [-0.4, -0.2) is 24.5 Å². The topological polar surface area (TPSA) is 41.1 Å². The van der Waals surface area contributed by atoms with E-state index >= 15 is 0 Å². The zero-order valence-corrected chi connectivity index (χ0v) is 12.4. The molecule has 3 nitrogen and oxygen atoms in total. The fourth-order valence-electron chi connectivity index (χ4n) is 3.14. The molecule has 1 heterocycles. The van der Waals surface area contributed by atoms with Gasteiger partial charge in [-0.2, -0.15) is 0 Å². The molecule has 0 bridgehead atoms. The lowest BCUT2D eigenvalue weighted by Crippen LogP contribution is -2.52. The Morgan fingerprint density at radius 1 is 1.11 bits per heavy atom. The molecule has 1 saturated carbocycles. The highest BCUT2D eigenvalue weighted by molar-refractivity contribution is 5.85. The summed E-state index contributed by atoms with van der Waals surface area (Å²) in [6.07, 6.45) is 7.12. The Hall–Kier alpha value is -0.280.